The highest BCUT2D eigenvalue weighted by atomic mass is 35.5. The van der Waals surface area contributed by atoms with Crippen LogP contribution in [0.3, 0.4) is 0 Å². The van der Waals surface area contributed by atoms with Gasteiger partial charge >= 0.3 is 5.97 Å². The third-order valence-corrected chi connectivity index (χ3v) is 4.51. The van der Waals surface area contributed by atoms with Crippen molar-refractivity contribution in [1.29, 1.82) is 0 Å². The summed E-state index contributed by atoms with van der Waals surface area (Å²) in [7, 11) is 0. The van der Waals surface area contributed by atoms with Crippen molar-refractivity contribution in [2.24, 2.45) is 0 Å². The van der Waals surface area contributed by atoms with Gasteiger partial charge in [0.2, 0.25) is 11.6 Å². The normalized spacial score (nSPS) is 22.7. The molecule has 1 atom stereocenters. The standard InChI is InChI=1S/C12H13ClFNO3S/c13-8-5-9(19-6-8)1-2-10(16)15-4-3-12(14,7-15)11(17)18/h5-6H,1-4,7H2,(H,17,18). The number of carbonyl (C=O) groups is 2. The van der Waals surface area contributed by atoms with Gasteiger partial charge in [-0.2, -0.15) is 0 Å². The fourth-order valence-corrected chi connectivity index (χ4v) is 3.11. The maximum absolute atomic E-state index is 13.8. The number of aliphatic carboxylic acids is 1. The lowest BCUT2D eigenvalue weighted by Crippen LogP contribution is -2.38. The van der Waals surface area contributed by atoms with Crippen LogP contribution in [0.4, 0.5) is 4.39 Å². The lowest BCUT2D eigenvalue weighted by molar-refractivity contribution is -0.150. The van der Waals surface area contributed by atoms with Gasteiger partial charge in [0.25, 0.3) is 0 Å². The molecule has 1 N–H and O–H groups in total. The van der Waals surface area contributed by atoms with E-state index in [-0.39, 0.29) is 31.8 Å². The average Bonchev–Trinajstić information content (AvgIpc) is 2.94. The number of carboxylic acids is 1. The number of carboxylic acid groups (broad SMARTS) is 1. The fourth-order valence-electron chi connectivity index (χ4n) is 2.03. The molecule has 7 heteroatoms. The molecule has 1 amide bonds. The van der Waals surface area contributed by atoms with Crippen LogP contribution in [-0.4, -0.2) is 40.6 Å². The van der Waals surface area contributed by atoms with Crippen LogP contribution in [0.5, 0.6) is 0 Å². The van der Waals surface area contributed by atoms with Crippen LogP contribution >= 0.6 is 22.9 Å². The Bertz CT molecular complexity index is 507. The molecule has 19 heavy (non-hydrogen) atoms. The van der Waals surface area contributed by atoms with Gasteiger partial charge in [-0.05, 0) is 12.5 Å². The Hall–Kier alpha value is -1.14. The number of hydrogen-bond acceptors (Lipinski definition) is 3. The number of amides is 1. The van der Waals surface area contributed by atoms with Gasteiger partial charge in [-0.1, -0.05) is 11.6 Å². The zero-order valence-electron chi connectivity index (χ0n) is 10.1. The molecule has 1 aromatic heterocycles. The molecule has 1 saturated heterocycles. The van der Waals surface area contributed by atoms with Crippen molar-refractivity contribution in [1.82, 2.24) is 4.90 Å². The molecule has 0 aromatic carbocycles. The third-order valence-electron chi connectivity index (χ3n) is 3.16. The lowest BCUT2D eigenvalue weighted by atomic mass is 10.1. The summed E-state index contributed by atoms with van der Waals surface area (Å²) in [5.41, 5.74) is -2.29. The van der Waals surface area contributed by atoms with Crippen LogP contribution < -0.4 is 0 Å². The fraction of sp³-hybridized carbons (Fsp3) is 0.500. The lowest BCUT2D eigenvalue weighted by Gasteiger charge is -2.17. The van der Waals surface area contributed by atoms with E-state index in [0.29, 0.717) is 11.4 Å². The Kier molecular flexibility index (Phi) is 4.10. The Morgan fingerprint density at radius 1 is 1.58 bits per heavy atom. The molecule has 1 aliphatic rings. The van der Waals surface area contributed by atoms with E-state index in [2.05, 4.69) is 0 Å². The van der Waals surface area contributed by atoms with Gasteiger partial charge in [-0.25, -0.2) is 9.18 Å². The molecule has 104 valence electrons. The Morgan fingerprint density at radius 2 is 2.32 bits per heavy atom. The second-order valence-corrected chi connectivity index (χ2v) is 6.00. The van der Waals surface area contributed by atoms with Gasteiger partial charge in [-0.3, -0.25) is 4.79 Å². The number of halogens is 2. The van der Waals surface area contributed by atoms with E-state index in [1.807, 2.05) is 0 Å². The van der Waals surface area contributed by atoms with Crippen molar-refractivity contribution in [2.75, 3.05) is 13.1 Å². The topological polar surface area (TPSA) is 57.6 Å². The van der Waals surface area contributed by atoms with Crippen LogP contribution in [0.1, 0.15) is 17.7 Å². The Morgan fingerprint density at radius 3 is 2.84 bits per heavy atom. The molecule has 1 fully saturated rings. The van der Waals surface area contributed by atoms with E-state index in [4.69, 9.17) is 16.7 Å². The maximum atomic E-state index is 13.8. The molecule has 0 radical (unpaired) electrons. The number of likely N-dealkylation sites (tertiary alicyclic amines) is 1. The van der Waals surface area contributed by atoms with E-state index in [1.165, 1.54) is 16.2 Å². The summed E-state index contributed by atoms with van der Waals surface area (Å²) in [4.78, 5) is 24.9. The van der Waals surface area contributed by atoms with Crippen molar-refractivity contribution < 1.29 is 19.1 Å². The average molecular weight is 306 g/mol. The largest absolute Gasteiger partial charge is 0.479 e. The molecule has 0 spiro atoms. The molecule has 2 rings (SSSR count). The van der Waals surface area contributed by atoms with Gasteiger partial charge in [0.05, 0.1) is 11.6 Å². The number of alkyl halides is 1. The van der Waals surface area contributed by atoms with Crippen LogP contribution in [0, 0.1) is 0 Å². The number of rotatable bonds is 4. The number of carbonyl (C=O) groups excluding carboxylic acids is 1. The van der Waals surface area contributed by atoms with E-state index in [0.717, 1.165) is 4.88 Å². The molecule has 0 saturated carbocycles. The second-order valence-electron chi connectivity index (χ2n) is 4.57. The van der Waals surface area contributed by atoms with Crippen LogP contribution in [-0.2, 0) is 16.0 Å². The van der Waals surface area contributed by atoms with Gasteiger partial charge in [-0.15, -0.1) is 11.3 Å². The predicted molar refractivity (Wildman–Crippen MR) is 70.3 cm³/mol. The summed E-state index contributed by atoms with van der Waals surface area (Å²) in [6, 6.07) is 1.79. The SMILES string of the molecule is O=C(CCc1cc(Cl)cs1)N1CCC(F)(C(=O)O)C1. The molecule has 4 nitrogen and oxygen atoms in total. The van der Waals surface area contributed by atoms with Gasteiger partial charge < -0.3 is 10.0 Å². The minimum atomic E-state index is -2.29. The van der Waals surface area contributed by atoms with Crippen LogP contribution in [0.15, 0.2) is 11.4 Å². The van der Waals surface area contributed by atoms with Crippen LogP contribution in [0.2, 0.25) is 5.02 Å². The van der Waals surface area contributed by atoms with Crippen molar-refractivity contribution >= 4 is 34.8 Å². The van der Waals surface area contributed by atoms with Crippen molar-refractivity contribution in [3.63, 3.8) is 0 Å². The highest BCUT2D eigenvalue weighted by molar-refractivity contribution is 7.10. The van der Waals surface area contributed by atoms with Crippen molar-refractivity contribution in [3.05, 3.63) is 21.3 Å². The number of aryl methyl sites for hydroxylation is 1. The number of nitrogens with zero attached hydrogens (tertiary/aromatic N) is 1. The molecule has 0 bridgehead atoms. The quantitative estimate of drug-likeness (QED) is 0.929. The van der Waals surface area contributed by atoms with Crippen molar-refractivity contribution in [3.8, 4) is 0 Å². The molecule has 2 heterocycles. The second kappa shape index (κ2) is 5.46. The highest BCUT2D eigenvalue weighted by Crippen LogP contribution is 2.27. The molecule has 0 aliphatic carbocycles. The third kappa shape index (κ3) is 3.25. The maximum Gasteiger partial charge on any atom is 0.343 e. The Balaban J connectivity index is 1.86. The van der Waals surface area contributed by atoms with E-state index in [1.54, 1.807) is 11.4 Å². The summed E-state index contributed by atoms with van der Waals surface area (Å²) < 4.78 is 13.8. The van der Waals surface area contributed by atoms with Crippen molar-refractivity contribution in [2.45, 2.75) is 24.9 Å². The van der Waals surface area contributed by atoms with E-state index in [9.17, 15) is 14.0 Å². The first kappa shape index (κ1) is 14.3. The molecular weight excluding hydrogens is 293 g/mol. The number of hydrogen-bond donors (Lipinski definition) is 1. The first-order valence-electron chi connectivity index (χ1n) is 5.84. The zero-order valence-corrected chi connectivity index (χ0v) is 11.6. The van der Waals surface area contributed by atoms with Gasteiger partial charge in [0.1, 0.15) is 0 Å². The minimum absolute atomic E-state index is 0.140. The van der Waals surface area contributed by atoms with Gasteiger partial charge in [0.15, 0.2) is 0 Å². The predicted octanol–water partition coefficient (Wildman–Crippen LogP) is 2.36. The summed E-state index contributed by atoms with van der Waals surface area (Å²) in [5.74, 6) is -1.71. The summed E-state index contributed by atoms with van der Waals surface area (Å²) >= 11 is 7.24. The van der Waals surface area contributed by atoms with E-state index >= 15 is 0 Å². The summed E-state index contributed by atoms with van der Waals surface area (Å²) in [6.07, 6.45) is 0.643. The smallest absolute Gasteiger partial charge is 0.343 e. The first-order valence-corrected chi connectivity index (χ1v) is 7.09. The van der Waals surface area contributed by atoms with Crippen LogP contribution in [0.25, 0.3) is 0 Å². The van der Waals surface area contributed by atoms with Gasteiger partial charge in [0, 0.05) is 29.6 Å². The number of thiophene rings is 1. The zero-order chi connectivity index (χ0) is 14.0. The molecule has 1 aromatic rings. The Labute approximate surface area is 118 Å². The monoisotopic (exact) mass is 305 g/mol. The minimum Gasteiger partial charge on any atom is -0.479 e. The highest BCUT2D eigenvalue weighted by Gasteiger charge is 2.46. The molecular formula is C12H13ClFNO3S. The molecule has 1 aliphatic heterocycles. The van der Waals surface area contributed by atoms with E-state index < -0.39 is 11.6 Å². The molecule has 1 unspecified atom stereocenters. The summed E-state index contributed by atoms with van der Waals surface area (Å²) in [6.45, 7) is -0.195. The first-order chi connectivity index (χ1) is 8.90. The summed E-state index contributed by atoms with van der Waals surface area (Å²) in [5, 5.41) is 11.2.